The number of rotatable bonds is 3. The average molecular weight is 248 g/mol. The minimum absolute atomic E-state index is 0.176. The van der Waals surface area contributed by atoms with E-state index in [2.05, 4.69) is 5.32 Å². The van der Waals surface area contributed by atoms with Crippen molar-refractivity contribution in [1.29, 1.82) is 0 Å². The maximum Gasteiger partial charge on any atom is 0.291 e. The van der Waals surface area contributed by atoms with Crippen LogP contribution in [0.5, 0.6) is 0 Å². The summed E-state index contributed by atoms with van der Waals surface area (Å²) in [5, 5.41) is 2.51. The molecule has 94 valence electrons. The molecule has 1 amide bonds. The predicted octanol–water partition coefficient (Wildman–Crippen LogP) is 2.82. The first-order valence-electron chi connectivity index (χ1n) is 5.55. The Labute approximate surface area is 104 Å². The minimum Gasteiger partial charge on any atom is -0.456 e. The minimum atomic E-state index is -0.465. The summed E-state index contributed by atoms with van der Waals surface area (Å²) in [6.45, 7) is 1.92. The average Bonchev–Trinajstić information content (AvgIpc) is 2.82. The molecule has 0 saturated heterocycles. The fourth-order valence-corrected chi connectivity index (χ4v) is 1.51. The lowest BCUT2D eigenvalue weighted by Gasteiger charge is -2.06. The Kier molecular flexibility index (Phi) is 3.32. The number of halogens is 1. The molecule has 4 nitrogen and oxygen atoms in total. The van der Waals surface area contributed by atoms with E-state index in [1.54, 1.807) is 12.1 Å². The van der Waals surface area contributed by atoms with E-state index < -0.39 is 11.7 Å². The van der Waals surface area contributed by atoms with E-state index in [9.17, 15) is 9.18 Å². The highest BCUT2D eigenvalue weighted by Gasteiger charge is 2.12. The molecule has 1 aromatic heterocycles. The number of amides is 1. The van der Waals surface area contributed by atoms with Crippen molar-refractivity contribution in [3.63, 3.8) is 0 Å². The molecule has 3 N–H and O–H groups in total. The number of hydrogen-bond acceptors (Lipinski definition) is 3. The molecule has 0 aliphatic rings. The number of furan rings is 1. The maximum atomic E-state index is 13.0. The number of aryl methyl sites for hydroxylation is 1. The van der Waals surface area contributed by atoms with E-state index >= 15 is 0 Å². The van der Waals surface area contributed by atoms with Crippen molar-refractivity contribution in [2.24, 2.45) is 0 Å². The second-order valence-electron chi connectivity index (χ2n) is 3.81. The van der Waals surface area contributed by atoms with Crippen LogP contribution in [0.25, 0.3) is 0 Å². The van der Waals surface area contributed by atoms with Gasteiger partial charge in [0.2, 0.25) is 0 Å². The van der Waals surface area contributed by atoms with Crippen LogP contribution in [0.15, 0.2) is 34.7 Å². The summed E-state index contributed by atoms with van der Waals surface area (Å²) >= 11 is 0. The molecule has 0 fully saturated rings. The lowest BCUT2D eigenvalue weighted by Crippen LogP contribution is -2.12. The van der Waals surface area contributed by atoms with Crippen molar-refractivity contribution in [3.8, 4) is 0 Å². The van der Waals surface area contributed by atoms with Crippen LogP contribution in [0, 0.1) is 5.82 Å². The van der Waals surface area contributed by atoms with Crippen LogP contribution in [0.2, 0.25) is 0 Å². The van der Waals surface area contributed by atoms with Gasteiger partial charge >= 0.3 is 0 Å². The van der Waals surface area contributed by atoms with E-state index in [0.717, 1.165) is 6.07 Å². The van der Waals surface area contributed by atoms with Crippen molar-refractivity contribution in [1.82, 2.24) is 0 Å². The summed E-state index contributed by atoms with van der Waals surface area (Å²) in [7, 11) is 0. The highest BCUT2D eigenvalue weighted by molar-refractivity contribution is 6.03. The Balaban J connectivity index is 2.18. The number of hydrogen-bond donors (Lipinski definition) is 2. The van der Waals surface area contributed by atoms with E-state index in [0.29, 0.717) is 17.9 Å². The summed E-state index contributed by atoms with van der Waals surface area (Å²) in [6.07, 6.45) is 0.704. The zero-order chi connectivity index (χ0) is 13.1. The zero-order valence-corrected chi connectivity index (χ0v) is 9.87. The van der Waals surface area contributed by atoms with Gasteiger partial charge in [0.15, 0.2) is 5.76 Å². The molecule has 5 heteroatoms. The number of carbonyl (C=O) groups is 1. The molecular weight excluding hydrogens is 235 g/mol. The number of anilines is 2. The molecule has 0 aliphatic heterocycles. The molecule has 0 saturated carbocycles. The molecule has 0 spiro atoms. The highest BCUT2D eigenvalue weighted by atomic mass is 19.1. The van der Waals surface area contributed by atoms with Crippen LogP contribution in [-0.4, -0.2) is 5.91 Å². The van der Waals surface area contributed by atoms with Gasteiger partial charge in [-0.05, 0) is 30.3 Å². The number of nitrogen functional groups attached to an aromatic ring is 1. The van der Waals surface area contributed by atoms with Crippen molar-refractivity contribution in [2.45, 2.75) is 13.3 Å². The van der Waals surface area contributed by atoms with Gasteiger partial charge in [-0.1, -0.05) is 6.92 Å². The summed E-state index contributed by atoms with van der Waals surface area (Å²) in [6, 6.07) is 7.09. The van der Waals surface area contributed by atoms with Crippen molar-refractivity contribution < 1.29 is 13.6 Å². The lowest BCUT2D eigenvalue weighted by atomic mass is 10.2. The molecule has 0 atom stereocenters. The summed E-state index contributed by atoms with van der Waals surface area (Å²) in [5.41, 5.74) is 6.16. The number of nitrogens with two attached hydrogens (primary N) is 1. The van der Waals surface area contributed by atoms with Gasteiger partial charge < -0.3 is 15.5 Å². The zero-order valence-electron chi connectivity index (χ0n) is 9.87. The molecule has 0 aliphatic carbocycles. The second kappa shape index (κ2) is 4.91. The first-order chi connectivity index (χ1) is 8.60. The monoisotopic (exact) mass is 248 g/mol. The van der Waals surface area contributed by atoms with Crippen LogP contribution >= 0.6 is 0 Å². The van der Waals surface area contributed by atoms with Gasteiger partial charge in [0.05, 0.1) is 11.4 Å². The summed E-state index contributed by atoms with van der Waals surface area (Å²) in [5.74, 6) is -0.0249. The second-order valence-corrected chi connectivity index (χ2v) is 3.81. The lowest BCUT2D eigenvalue weighted by molar-refractivity contribution is 0.0995. The Bertz CT molecular complexity index is 578. The van der Waals surface area contributed by atoms with E-state index in [-0.39, 0.29) is 11.4 Å². The number of carbonyl (C=O) groups excluding carboxylic acids is 1. The van der Waals surface area contributed by atoms with Crippen LogP contribution in [0.3, 0.4) is 0 Å². The fraction of sp³-hybridized carbons (Fsp3) is 0.154. The normalized spacial score (nSPS) is 10.3. The first-order valence-corrected chi connectivity index (χ1v) is 5.55. The van der Waals surface area contributed by atoms with Gasteiger partial charge in [0.1, 0.15) is 11.6 Å². The van der Waals surface area contributed by atoms with E-state index in [1.165, 1.54) is 12.1 Å². The van der Waals surface area contributed by atoms with Gasteiger partial charge in [-0.15, -0.1) is 0 Å². The third-order valence-corrected chi connectivity index (χ3v) is 2.50. The van der Waals surface area contributed by atoms with E-state index in [4.69, 9.17) is 10.2 Å². The summed E-state index contributed by atoms with van der Waals surface area (Å²) < 4.78 is 18.3. The summed E-state index contributed by atoms with van der Waals surface area (Å²) in [4.78, 5) is 11.8. The van der Waals surface area contributed by atoms with E-state index in [1.807, 2.05) is 6.92 Å². The topological polar surface area (TPSA) is 68.3 Å². The molecule has 1 heterocycles. The van der Waals surface area contributed by atoms with Crippen molar-refractivity contribution in [3.05, 3.63) is 47.7 Å². The van der Waals surface area contributed by atoms with Crippen LogP contribution < -0.4 is 11.1 Å². The SMILES string of the molecule is CCc1ccc(C(=O)Nc2cc(F)ccc2N)o1. The Morgan fingerprint density at radius 2 is 2.17 bits per heavy atom. The highest BCUT2D eigenvalue weighted by Crippen LogP contribution is 2.20. The third kappa shape index (κ3) is 2.51. The molecular formula is C13H13FN2O2. The molecule has 0 radical (unpaired) electrons. The number of nitrogens with one attached hydrogen (secondary N) is 1. The van der Waals surface area contributed by atoms with Gasteiger partial charge in [-0.2, -0.15) is 0 Å². The third-order valence-electron chi connectivity index (χ3n) is 2.50. The Hall–Kier alpha value is -2.30. The van der Waals surface area contributed by atoms with Crippen LogP contribution in [0.4, 0.5) is 15.8 Å². The van der Waals surface area contributed by atoms with Crippen molar-refractivity contribution in [2.75, 3.05) is 11.1 Å². The Morgan fingerprint density at radius 1 is 1.39 bits per heavy atom. The molecule has 18 heavy (non-hydrogen) atoms. The quantitative estimate of drug-likeness (QED) is 0.820. The largest absolute Gasteiger partial charge is 0.456 e. The Morgan fingerprint density at radius 3 is 2.83 bits per heavy atom. The van der Waals surface area contributed by atoms with Gasteiger partial charge in [-0.25, -0.2) is 4.39 Å². The maximum absolute atomic E-state index is 13.0. The molecule has 1 aromatic carbocycles. The smallest absolute Gasteiger partial charge is 0.291 e. The molecule has 0 bridgehead atoms. The van der Waals surface area contributed by atoms with Crippen LogP contribution in [-0.2, 0) is 6.42 Å². The number of benzene rings is 1. The first kappa shape index (κ1) is 12.2. The standard InChI is InChI=1S/C13H13FN2O2/c1-2-9-4-6-12(18-9)13(17)16-11-7-8(14)3-5-10(11)15/h3-7H,2,15H2,1H3,(H,16,17). The van der Waals surface area contributed by atoms with Crippen LogP contribution in [0.1, 0.15) is 23.2 Å². The van der Waals surface area contributed by atoms with Gasteiger partial charge in [0.25, 0.3) is 5.91 Å². The van der Waals surface area contributed by atoms with Gasteiger partial charge in [-0.3, -0.25) is 4.79 Å². The molecule has 2 aromatic rings. The predicted molar refractivity (Wildman–Crippen MR) is 66.9 cm³/mol. The molecule has 0 unspecified atom stereocenters. The van der Waals surface area contributed by atoms with Crippen molar-refractivity contribution >= 4 is 17.3 Å². The fourth-order valence-electron chi connectivity index (χ4n) is 1.51. The molecule has 2 rings (SSSR count). The van der Waals surface area contributed by atoms with Gasteiger partial charge in [0, 0.05) is 6.42 Å².